The summed E-state index contributed by atoms with van der Waals surface area (Å²) in [6.07, 6.45) is 6.21. The Kier molecular flexibility index (Phi) is 5.45. The van der Waals surface area contributed by atoms with Crippen molar-refractivity contribution >= 4 is 11.7 Å². The number of hydrogen-bond donors (Lipinski definition) is 2. The fraction of sp³-hybridized carbons (Fsp3) is 0.450. The van der Waals surface area contributed by atoms with E-state index in [4.69, 9.17) is 9.47 Å². The van der Waals surface area contributed by atoms with Gasteiger partial charge in [-0.25, -0.2) is 9.78 Å². The van der Waals surface area contributed by atoms with E-state index in [0.717, 1.165) is 18.5 Å². The Morgan fingerprint density at radius 1 is 1.14 bits per heavy atom. The monoisotopic (exact) mass is 384 g/mol. The number of carbonyl (C=O) groups excluding carboxylic acids is 1. The van der Waals surface area contributed by atoms with Gasteiger partial charge in [0.1, 0.15) is 13.2 Å². The van der Waals surface area contributed by atoms with Crippen molar-refractivity contribution in [2.75, 3.05) is 25.1 Å². The van der Waals surface area contributed by atoms with Crippen molar-refractivity contribution in [1.82, 2.24) is 14.9 Å². The highest BCUT2D eigenvalue weighted by Gasteiger charge is 2.19. The maximum absolute atomic E-state index is 12.3. The van der Waals surface area contributed by atoms with E-state index in [1.165, 1.54) is 17.4 Å². The zero-order valence-corrected chi connectivity index (χ0v) is 15.6. The van der Waals surface area contributed by atoms with E-state index < -0.39 is 0 Å². The minimum Gasteiger partial charge on any atom is -0.486 e. The zero-order valence-electron chi connectivity index (χ0n) is 15.6. The number of ether oxygens (including phenoxy) is 2. The number of hydrogen-bond acceptors (Lipinski definition) is 5. The number of amides is 2. The van der Waals surface area contributed by atoms with Crippen molar-refractivity contribution < 1.29 is 14.3 Å². The lowest BCUT2D eigenvalue weighted by Crippen LogP contribution is -2.33. The summed E-state index contributed by atoms with van der Waals surface area (Å²) in [5, 5.41) is 5.50. The fourth-order valence-corrected chi connectivity index (χ4v) is 3.64. The Hall–Kier alpha value is -3.03. The predicted molar refractivity (Wildman–Crippen MR) is 104 cm³/mol. The second-order valence-corrected chi connectivity index (χ2v) is 7.07. The van der Waals surface area contributed by atoms with Crippen molar-refractivity contribution in [3.8, 4) is 11.5 Å². The minimum atomic E-state index is -0.347. The van der Waals surface area contributed by atoms with Crippen LogP contribution in [0.4, 0.5) is 10.5 Å². The van der Waals surface area contributed by atoms with Gasteiger partial charge < -0.3 is 20.1 Å². The normalized spacial score (nSPS) is 16.0. The topological polar surface area (TPSA) is 94.5 Å². The number of rotatable bonds is 5. The smallest absolute Gasteiger partial charge is 0.319 e. The molecule has 1 fully saturated rings. The second kappa shape index (κ2) is 8.33. The van der Waals surface area contributed by atoms with Gasteiger partial charge in [-0.1, -0.05) is 12.8 Å². The van der Waals surface area contributed by atoms with Crippen LogP contribution < -0.4 is 25.7 Å². The number of aromatic nitrogens is 2. The SMILES string of the molecule is O=C(NCCn1cnc(C2CCCC2)cc1=O)Nc1ccc2c(c1)OCCO2. The van der Waals surface area contributed by atoms with E-state index in [2.05, 4.69) is 15.6 Å². The average molecular weight is 384 g/mol. The molecule has 0 spiro atoms. The molecule has 1 aromatic heterocycles. The van der Waals surface area contributed by atoms with Crippen LogP contribution in [-0.4, -0.2) is 35.3 Å². The molecule has 4 rings (SSSR count). The lowest BCUT2D eigenvalue weighted by Gasteiger charge is -2.19. The summed E-state index contributed by atoms with van der Waals surface area (Å²) in [6.45, 7) is 1.70. The molecule has 2 N–H and O–H groups in total. The average Bonchev–Trinajstić information content (AvgIpc) is 3.24. The van der Waals surface area contributed by atoms with Gasteiger partial charge in [0.15, 0.2) is 11.5 Å². The summed E-state index contributed by atoms with van der Waals surface area (Å²) in [5.74, 6) is 1.70. The number of carbonyl (C=O) groups is 1. The summed E-state index contributed by atoms with van der Waals surface area (Å²) < 4.78 is 12.5. The van der Waals surface area contributed by atoms with Gasteiger partial charge in [0.05, 0.1) is 12.0 Å². The highest BCUT2D eigenvalue weighted by atomic mass is 16.6. The van der Waals surface area contributed by atoms with E-state index >= 15 is 0 Å². The first-order chi connectivity index (χ1) is 13.7. The van der Waals surface area contributed by atoms with Crippen LogP contribution in [0.3, 0.4) is 0 Å². The molecule has 2 aliphatic rings. The molecule has 28 heavy (non-hydrogen) atoms. The number of nitrogens with one attached hydrogen (secondary N) is 2. The number of nitrogens with zero attached hydrogens (tertiary/aromatic N) is 2. The minimum absolute atomic E-state index is 0.0778. The van der Waals surface area contributed by atoms with Gasteiger partial charge in [0.2, 0.25) is 0 Å². The van der Waals surface area contributed by atoms with Crippen LogP contribution in [0, 0.1) is 0 Å². The van der Waals surface area contributed by atoms with E-state index in [-0.39, 0.29) is 11.6 Å². The molecule has 148 valence electrons. The molecule has 0 radical (unpaired) electrons. The van der Waals surface area contributed by atoms with Crippen LogP contribution in [0.2, 0.25) is 0 Å². The molecule has 2 amide bonds. The van der Waals surface area contributed by atoms with Gasteiger partial charge in [-0.2, -0.15) is 0 Å². The standard InChI is InChI=1S/C20H24N4O4/c25-19-12-16(14-3-1-2-4-14)22-13-24(19)8-7-21-20(26)23-15-5-6-17-18(11-15)28-10-9-27-17/h5-6,11-14H,1-4,7-10H2,(H2,21,23,26). The summed E-state index contributed by atoms with van der Waals surface area (Å²) >= 11 is 0. The quantitative estimate of drug-likeness (QED) is 0.826. The highest BCUT2D eigenvalue weighted by Crippen LogP contribution is 2.33. The first-order valence-electron chi connectivity index (χ1n) is 9.70. The number of anilines is 1. The molecule has 0 saturated heterocycles. The Bertz CT molecular complexity index is 905. The Morgan fingerprint density at radius 3 is 2.71 bits per heavy atom. The van der Waals surface area contributed by atoms with Gasteiger partial charge >= 0.3 is 6.03 Å². The molecule has 0 atom stereocenters. The molecule has 0 bridgehead atoms. The lowest BCUT2D eigenvalue weighted by molar-refractivity contribution is 0.171. The molecule has 2 aromatic rings. The molecule has 1 aromatic carbocycles. The molecule has 1 aliphatic heterocycles. The first kappa shape index (κ1) is 18.3. The van der Waals surface area contributed by atoms with E-state index in [9.17, 15) is 9.59 Å². The van der Waals surface area contributed by atoms with Crippen LogP contribution in [0.25, 0.3) is 0 Å². The van der Waals surface area contributed by atoms with Crippen molar-refractivity contribution in [2.24, 2.45) is 0 Å². The predicted octanol–water partition coefficient (Wildman–Crippen LogP) is 2.49. The molecule has 2 heterocycles. The van der Waals surface area contributed by atoms with Crippen LogP contribution >= 0.6 is 0 Å². The van der Waals surface area contributed by atoms with Crippen LogP contribution in [0.15, 0.2) is 35.4 Å². The Balaban J connectivity index is 1.28. The van der Waals surface area contributed by atoms with Crippen molar-refractivity contribution in [1.29, 1.82) is 0 Å². The first-order valence-corrected chi connectivity index (χ1v) is 9.70. The van der Waals surface area contributed by atoms with Gasteiger partial charge in [0.25, 0.3) is 5.56 Å². The third kappa shape index (κ3) is 4.27. The maximum Gasteiger partial charge on any atom is 0.319 e. The van der Waals surface area contributed by atoms with Crippen molar-refractivity contribution in [3.05, 3.63) is 46.6 Å². The van der Waals surface area contributed by atoms with E-state index in [1.807, 2.05) is 0 Å². The zero-order chi connectivity index (χ0) is 19.3. The lowest BCUT2D eigenvalue weighted by atomic mass is 10.0. The van der Waals surface area contributed by atoms with E-state index in [0.29, 0.717) is 49.4 Å². The molecule has 1 aliphatic carbocycles. The summed E-state index contributed by atoms with van der Waals surface area (Å²) in [5.41, 5.74) is 1.43. The van der Waals surface area contributed by atoms with Crippen molar-refractivity contribution in [3.63, 3.8) is 0 Å². The summed E-state index contributed by atoms with van der Waals surface area (Å²) in [6, 6.07) is 6.53. The summed E-state index contributed by atoms with van der Waals surface area (Å²) in [4.78, 5) is 28.8. The molecule has 1 saturated carbocycles. The second-order valence-electron chi connectivity index (χ2n) is 7.07. The van der Waals surface area contributed by atoms with Crippen molar-refractivity contribution in [2.45, 2.75) is 38.1 Å². The number of benzene rings is 1. The highest BCUT2D eigenvalue weighted by molar-refractivity contribution is 5.89. The van der Waals surface area contributed by atoms with Crippen LogP contribution in [-0.2, 0) is 6.54 Å². The molecule has 8 nitrogen and oxygen atoms in total. The van der Waals surface area contributed by atoms with Gasteiger partial charge in [-0.15, -0.1) is 0 Å². The Labute approximate surface area is 162 Å². The van der Waals surface area contributed by atoms with Gasteiger partial charge in [-0.3, -0.25) is 9.36 Å². The molecular formula is C20H24N4O4. The molecular weight excluding hydrogens is 360 g/mol. The number of fused-ring (bicyclic) bond motifs is 1. The third-order valence-corrected chi connectivity index (χ3v) is 5.11. The van der Waals surface area contributed by atoms with Crippen LogP contribution in [0.1, 0.15) is 37.3 Å². The third-order valence-electron chi connectivity index (χ3n) is 5.11. The fourth-order valence-electron chi connectivity index (χ4n) is 3.64. The van der Waals surface area contributed by atoms with E-state index in [1.54, 1.807) is 30.6 Å². The largest absolute Gasteiger partial charge is 0.486 e. The van der Waals surface area contributed by atoms with Gasteiger partial charge in [0, 0.05) is 36.8 Å². The molecule has 0 unspecified atom stereocenters. The maximum atomic E-state index is 12.3. The van der Waals surface area contributed by atoms with Gasteiger partial charge in [-0.05, 0) is 25.0 Å². The number of urea groups is 1. The molecule has 8 heteroatoms. The van der Waals surface area contributed by atoms with Crippen LogP contribution in [0.5, 0.6) is 11.5 Å². The summed E-state index contributed by atoms with van der Waals surface area (Å²) in [7, 11) is 0. The Morgan fingerprint density at radius 2 is 1.93 bits per heavy atom.